The van der Waals surface area contributed by atoms with Crippen molar-refractivity contribution >= 4 is 0 Å². The van der Waals surface area contributed by atoms with E-state index in [0.717, 1.165) is 13.1 Å². The second kappa shape index (κ2) is 8.34. The van der Waals surface area contributed by atoms with Gasteiger partial charge in [0, 0.05) is 19.1 Å². The molecule has 0 spiro atoms. The van der Waals surface area contributed by atoms with Crippen molar-refractivity contribution in [3.63, 3.8) is 0 Å². The maximum absolute atomic E-state index is 6.26. The van der Waals surface area contributed by atoms with E-state index in [1.807, 2.05) is 13.8 Å². The summed E-state index contributed by atoms with van der Waals surface area (Å²) in [7, 11) is 0. The van der Waals surface area contributed by atoms with Crippen LogP contribution in [0.5, 0.6) is 0 Å². The normalized spacial score (nSPS) is 20.6. The highest BCUT2D eigenvalue weighted by Gasteiger charge is 2.41. The number of benzene rings is 2. The zero-order valence-corrected chi connectivity index (χ0v) is 16.4. The Balaban J connectivity index is 1.86. The van der Waals surface area contributed by atoms with E-state index in [1.165, 1.54) is 11.1 Å². The molecule has 26 heavy (non-hydrogen) atoms. The van der Waals surface area contributed by atoms with E-state index in [0.29, 0.717) is 12.5 Å². The zero-order chi connectivity index (χ0) is 18.6. The van der Waals surface area contributed by atoms with Gasteiger partial charge in [-0.2, -0.15) is 0 Å². The van der Waals surface area contributed by atoms with Crippen molar-refractivity contribution in [3.05, 3.63) is 71.8 Å². The van der Waals surface area contributed by atoms with Crippen LogP contribution < -0.4 is 0 Å². The van der Waals surface area contributed by atoms with Crippen LogP contribution in [0.25, 0.3) is 0 Å². The number of hydrogen-bond donors (Lipinski definition) is 0. The van der Waals surface area contributed by atoms with Gasteiger partial charge in [0.2, 0.25) is 0 Å². The van der Waals surface area contributed by atoms with Gasteiger partial charge in [0.05, 0.1) is 6.61 Å². The second-order valence-electron chi connectivity index (χ2n) is 7.98. The molecule has 0 radical (unpaired) electrons. The first kappa shape index (κ1) is 19.1. The zero-order valence-electron chi connectivity index (χ0n) is 16.4. The number of ether oxygens (including phenoxy) is 2. The first-order chi connectivity index (χ1) is 12.4. The van der Waals surface area contributed by atoms with Crippen LogP contribution in [0.1, 0.15) is 38.8 Å². The number of hydrogen-bond acceptors (Lipinski definition) is 3. The van der Waals surface area contributed by atoms with Gasteiger partial charge in [-0.25, -0.2) is 0 Å². The second-order valence-corrected chi connectivity index (χ2v) is 7.98. The van der Waals surface area contributed by atoms with Crippen molar-refractivity contribution in [3.8, 4) is 0 Å². The molecule has 0 aliphatic carbocycles. The van der Waals surface area contributed by atoms with Gasteiger partial charge in [-0.15, -0.1) is 0 Å². The van der Waals surface area contributed by atoms with Crippen LogP contribution >= 0.6 is 0 Å². The van der Waals surface area contributed by atoms with Gasteiger partial charge in [-0.05, 0) is 30.9 Å². The van der Waals surface area contributed by atoms with E-state index in [9.17, 15) is 0 Å². The van der Waals surface area contributed by atoms with Crippen molar-refractivity contribution in [2.75, 3.05) is 6.61 Å². The van der Waals surface area contributed by atoms with Gasteiger partial charge in [-0.3, -0.25) is 4.90 Å². The van der Waals surface area contributed by atoms with Crippen molar-refractivity contribution < 1.29 is 9.47 Å². The summed E-state index contributed by atoms with van der Waals surface area (Å²) in [5, 5.41) is 0. The van der Waals surface area contributed by atoms with Crippen LogP contribution in [-0.2, 0) is 22.6 Å². The molecule has 3 rings (SSSR count). The average molecular weight is 354 g/mol. The molecule has 1 heterocycles. The largest absolute Gasteiger partial charge is 0.348 e. The van der Waals surface area contributed by atoms with E-state index in [1.54, 1.807) is 0 Å². The molecule has 0 aromatic heterocycles. The van der Waals surface area contributed by atoms with Crippen LogP contribution in [0.4, 0.5) is 0 Å². The summed E-state index contributed by atoms with van der Waals surface area (Å²) in [6.07, 6.45) is 0.0809. The Kier molecular flexibility index (Phi) is 6.13. The molecule has 0 N–H and O–H groups in total. The van der Waals surface area contributed by atoms with E-state index >= 15 is 0 Å². The fraction of sp³-hybridized carbons (Fsp3) is 0.478. The summed E-state index contributed by atoms with van der Waals surface area (Å²) in [5.41, 5.74) is 2.65. The predicted octanol–water partition coefficient (Wildman–Crippen LogP) is 4.86. The van der Waals surface area contributed by atoms with Gasteiger partial charge in [0.25, 0.3) is 0 Å². The van der Waals surface area contributed by atoms with Gasteiger partial charge in [-0.1, -0.05) is 74.5 Å². The van der Waals surface area contributed by atoms with Crippen LogP contribution in [0.15, 0.2) is 60.7 Å². The number of rotatable bonds is 7. The van der Waals surface area contributed by atoms with E-state index < -0.39 is 5.79 Å². The van der Waals surface area contributed by atoms with E-state index in [-0.39, 0.29) is 12.1 Å². The Morgan fingerprint density at radius 3 is 1.81 bits per heavy atom. The van der Waals surface area contributed by atoms with Crippen molar-refractivity contribution in [1.82, 2.24) is 4.90 Å². The Hall–Kier alpha value is -1.68. The molecule has 1 saturated heterocycles. The highest BCUT2D eigenvalue weighted by Crippen LogP contribution is 2.31. The molecule has 0 saturated carbocycles. The molecule has 3 heteroatoms. The minimum Gasteiger partial charge on any atom is -0.348 e. The van der Waals surface area contributed by atoms with Gasteiger partial charge in [0.1, 0.15) is 6.10 Å². The monoisotopic (exact) mass is 353 g/mol. The molecule has 1 fully saturated rings. The Labute approximate surface area is 157 Å². The molecule has 1 aliphatic rings. The Bertz CT molecular complexity index is 628. The third-order valence-corrected chi connectivity index (χ3v) is 4.97. The summed E-state index contributed by atoms with van der Waals surface area (Å²) in [4.78, 5) is 2.55. The topological polar surface area (TPSA) is 21.7 Å². The summed E-state index contributed by atoms with van der Waals surface area (Å²) < 4.78 is 12.2. The summed E-state index contributed by atoms with van der Waals surface area (Å²) in [6.45, 7) is 11.0. The summed E-state index contributed by atoms with van der Waals surface area (Å²) in [5.74, 6) is -0.0342. The molecule has 2 aromatic rings. The molecular formula is C23H31NO2. The van der Waals surface area contributed by atoms with Crippen molar-refractivity contribution in [1.29, 1.82) is 0 Å². The predicted molar refractivity (Wildman–Crippen MR) is 106 cm³/mol. The summed E-state index contributed by atoms with van der Waals surface area (Å²) in [6, 6.07) is 21.7. The quantitative estimate of drug-likeness (QED) is 0.709. The molecule has 2 atom stereocenters. The lowest BCUT2D eigenvalue weighted by Crippen LogP contribution is -2.47. The highest BCUT2D eigenvalue weighted by molar-refractivity contribution is 5.17. The molecule has 0 bridgehead atoms. The van der Waals surface area contributed by atoms with Crippen LogP contribution in [0.3, 0.4) is 0 Å². The fourth-order valence-electron chi connectivity index (χ4n) is 3.87. The van der Waals surface area contributed by atoms with Gasteiger partial charge in [0.15, 0.2) is 5.79 Å². The van der Waals surface area contributed by atoms with Gasteiger partial charge >= 0.3 is 0 Å². The molecule has 0 amide bonds. The SMILES string of the molecule is CC(C)C([C@H]1COC(C)(C)O1)N(Cc1ccccc1)Cc1ccccc1. The molecule has 140 valence electrons. The third kappa shape index (κ3) is 4.94. The van der Waals surface area contributed by atoms with Crippen molar-refractivity contribution in [2.45, 2.75) is 58.7 Å². The molecule has 1 aliphatic heterocycles. The van der Waals surface area contributed by atoms with Crippen LogP contribution in [-0.4, -0.2) is 29.4 Å². The Morgan fingerprint density at radius 1 is 0.923 bits per heavy atom. The smallest absolute Gasteiger partial charge is 0.163 e. The Morgan fingerprint density at radius 2 is 1.42 bits per heavy atom. The standard InChI is InChI=1S/C23H31NO2/c1-18(2)22(21-17-25-23(3,4)26-21)24(15-19-11-7-5-8-12-19)16-20-13-9-6-10-14-20/h5-14,18,21-22H,15-17H2,1-4H3/t21-,22?/m1/s1. The minimum atomic E-state index is -0.497. The minimum absolute atomic E-state index is 0.0809. The maximum Gasteiger partial charge on any atom is 0.163 e. The lowest BCUT2D eigenvalue weighted by molar-refractivity contribution is -0.149. The lowest BCUT2D eigenvalue weighted by Gasteiger charge is -2.38. The first-order valence-electron chi connectivity index (χ1n) is 9.58. The third-order valence-electron chi connectivity index (χ3n) is 4.97. The lowest BCUT2D eigenvalue weighted by atomic mass is 9.95. The molecule has 2 aromatic carbocycles. The van der Waals surface area contributed by atoms with Crippen LogP contribution in [0.2, 0.25) is 0 Å². The average Bonchev–Trinajstić information content (AvgIpc) is 2.96. The number of nitrogens with zero attached hydrogens (tertiary/aromatic N) is 1. The van der Waals surface area contributed by atoms with E-state index in [4.69, 9.17) is 9.47 Å². The molecule has 1 unspecified atom stereocenters. The molecule has 3 nitrogen and oxygen atoms in total. The maximum atomic E-state index is 6.26. The van der Waals surface area contributed by atoms with Crippen LogP contribution in [0, 0.1) is 5.92 Å². The van der Waals surface area contributed by atoms with Gasteiger partial charge < -0.3 is 9.47 Å². The first-order valence-corrected chi connectivity index (χ1v) is 9.58. The van der Waals surface area contributed by atoms with Crippen molar-refractivity contribution in [2.24, 2.45) is 5.92 Å². The summed E-state index contributed by atoms with van der Waals surface area (Å²) >= 11 is 0. The molecular weight excluding hydrogens is 322 g/mol. The highest BCUT2D eigenvalue weighted by atomic mass is 16.7. The van der Waals surface area contributed by atoms with E-state index in [2.05, 4.69) is 79.4 Å². The fourth-order valence-corrected chi connectivity index (χ4v) is 3.87.